The Morgan fingerprint density at radius 2 is 2.38 bits per heavy atom. The Kier molecular flexibility index (Phi) is 4.22. The van der Waals surface area contributed by atoms with Crippen molar-refractivity contribution in [1.82, 2.24) is 15.3 Å². The second kappa shape index (κ2) is 6.28. The molecule has 2 aliphatic heterocycles. The third kappa shape index (κ3) is 3.25. The van der Waals surface area contributed by atoms with Crippen molar-refractivity contribution >= 4 is 17.7 Å². The van der Waals surface area contributed by atoms with Gasteiger partial charge in [-0.3, -0.25) is 4.79 Å². The molecule has 2 atom stereocenters. The van der Waals surface area contributed by atoms with Crippen LogP contribution < -0.4 is 15.5 Å². The highest BCUT2D eigenvalue weighted by Gasteiger charge is 2.34. The van der Waals surface area contributed by atoms with Gasteiger partial charge in [-0.05, 0) is 31.2 Å². The molecule has 0 aromatic carbocycles. The molecule has 2 aliphatic rings. The summed E-state index contributed by atoms with van der Waals surface area (Å²) >= 11 is 0. The van der Waals surface area contributed by atoms with E-state index in [0.29, 0.717) is 24.3 Å². The van der Waals surface area contributed by atoms with E-state index in [1.807, 2.05) is 12.3 Å². The highest BCUT2D eigenvalue weighted by atomic mass is 16.1. The summed E-state index contributed by atoms with van der Waals surface area (Å²) in [5, 5.41) is 6.35. The first kappa shape index (κ1) is 14.1. The molecule has 0 radical (unpaired) electrons. The van der Waals surface area contributed by atoms with Crippen LogP contribution in [0.4, 0.5) is 11.8 Å². The molecule has 6 nitrogen and oxygen atoms in total. The third-order valence-electron chi connectivity index (χ3n) is 4.32. The van der Waals surface area contributed by atoms with E-state index in [1.165, 1.54) is 0 Å². The molecule has 1 aromatic rings. The van der Waals surface area contributed by atoms with E-state index >= 15 is 0 Å². The number of carbonyl (C=O) groups excluding carboxylic acids is 1. The molecule has 2 N–H and O–H groups in total. The third-order valence-corrected chi connectivity index (χ3v) is 4.32. The monoisotopic (exact) mass is 289 g/mol. The van der Waals surface area contributed by atoms with Gasteiger partial charge >= 0.3 is 0 Å². The van der Waals surface area contributed by atoms with Gasteiger partial charge in [0.25, 0.3) is 0 Å². The number of carbonyl (C=O) groups is 1. The van der Waals surface area contributed by atoms with Crippen LogP contribution in [0.3, 0.4) is 0 Å². The molecule has 3 heterocycles. The Bertz CT molecular complexity index is 507. The number of fused-ring (bicyclic) bond motifs is 1. The fraction of sp³-hybridized carbons (Fsp3) is 0.667. The van der Waals surface area contributed by atoms with Gasteiger partial charge in [-0.25, -0.2) is 4.98 Å². The lowest BCUT2D eigenvalue weighted by molar-refractivity contribution is -0.124. The Morgan fingerprint density at radius 3 is 3.24 bits per heavy atom. The van der Waals surface area contributed by atoms with Crippen LogP contribution in [0, 0.1) is 5.92 Å². The maximum Gasteiger partial charge on any atom is 0.224 e. The number of piperidine rings is 2. The highest BCUT2D eigenvalue weighted by Crippen LogP contribution is 2.28. The number of rotatable bonds is 4. The summed E-state index contributed by atoms with van der Waals surface area (Å²) in [5.41, 5.74) is 0. The van der Waals surface area contributed by atoms with Crippen LogP contribution >= 0.6 is 0 Å². The largest absolute Gasteiger partial charge is 0.356 e. The maximum absolute atomic E-state index is 11.5. The van der Waals surface area contributed by atoms with Crippen LogP contribution in [0.15, 0.2) is 12.3 Å². The average Bonchev–Trinajstić information content (AvgIpc) is 2.52. The van der Waals surface area contributed by atoms with Gasteiger partial charge in [-0.15, -0.1) is 0 Å². The molecule has 1 aromatic heterocycles. The molecule has 2 unspecified atom stereocenters. The van der Waals surface area contributed by atoms with Gasteiger partial charge in [-0.1, -0.05) is 6.92 Å². The van der Waals surface area contributed by atoms with Gasteiger partial charge < -0.3 is 15.5 Å². The van der Waals surface area contributed by atoms with Gasteiger partial charge in [0.1, 0.15) is 5.82 Å². The Hall–Kier alpha value is -1.85. The molecular formula is C15H23N5O. The molecule has 0 saturated carbocycles. The first-order valence-corrected chi connectivity index (χ1v) is 7.87. The number of amides is 1. The van der Waals surface area contributed by atoms with E-state index < -0.39 is 0 Å². The van der Waals surface area contributed by atoms with E-state index in [-0.39, 0.29) is 5.91 Å². The smallest absolute Gasteiger partial charge is 0.224 e. The molecule has 0 spiro atoms. The van der Waals surface area contributed by atoms with Gasteiger partial charge in [0.05, 0.1) is 0 Å². The van der Waals surface area contributed by atoms with Crippen LogP contribution in [0.1, 0.15) is 32.6 Å². The summed E-state index contributed by atoms with van der Waals surface area (Å²) in [6.45, 7) is 4.92. The lowest BCUT2D eigenvalue weighted by Crippen LogP contribution is -2.54. The predicted molar refractivity (Wildman–Crippen MR) is 82.3 cm³/mol. The fourth-order valence-corrected chi connectivity index (χ4v) is 3.17. The molecule has 3 rings (SSSR count). The van der Waals surface area contributed by atoms with Gasteiger partial charge in [0, 0.05) is 38.3 Å². The molecule has 0 aliphatic carbocycles. The van der Waals surface area contributed by atoms with E-state index in [2.05, 4.69) is 32.4 Å². The summed E-state index contributed by atoms with van der Waals surface area (Å²) in [7, 11) is 0. The van der Waals surface area contributed by atoms with Crippen molar-refractivity contribution in [3.05, 3.63) is 12.3 Å². The zero-order chi connectivity index (χ0) is 14.7. The SMILES string of the molecule is CCCNc1nccc(N2CCC3NC(=O)CCC3C2)n1. The Balaban J connectivity index is 1.66. The summed E-state index contributed by atoms with van der Waals surface area (Å²) < 4.78 is 0. The molecule has 114 valence electrons. The lowest BCUT2D eigenvalue weighted by atomic mass is 9.85. The van der Waals surface area contributed by atoms with E-state index in [9.17, 15) is 4.79 Å². The lowest BCUT2D eigenvalue weighted by Gasteiger charge is -2.41. The summed E-state index contributed by atoms with van der Waals surface area (Å²) in [4.78, 5) is 22.6. The average molecular weight is 289 g/mol. The van der Waals surface area contributed by atoms with Gasteiger partial charge in [0.2, 0.25) is 11.9 Å². The number of nitrogens with one attached hydrogen (secondary N) is 2. The van der Waals surface area contributed by atoms with Crippen LogP contribution in [0.5, 0.6) is 0 Å². The first-order chi connectivity index (χ1) is 10.3. The van der Waals surface area contributed by atoms with Crippen LogP contribution in [0.2, 0.25) is 0 Å². The van der Waals surface area contributed by atoms with Crippen LogP contribution in [-0.2, 0) is 4.79 Å². The van der Waals surface area contributed by atoms with E-state index in [1.54, 1.807) is 0 Å². The van der Waals surface area contributed by atoms with Crippen LogP contribution in [0.25, 0.3) is 0 Å². The standard InChI is InChI=1S/C15H23N5O/c1-2-7-16-15-17-8-5-13(19-15)20-9-6-12-11(10-20)3-4-14(21)18-12/h5,8,11-12H,2-4,6-7,9-10H2,1H3,(H,18,21)(H,16,17,19). The molecule has 2 saturated heterocycles. The fourth-order valence-electron chi connectivity index (χ4n) is 3.17. The van der Waals surface area contributed by atoms with Crippen molar-refractivity contribution < 1.29 is 4.79 Å². The second-order valence-corrected chi connectivity index (χ2v) is 5.87. The molecule has 6 heteroatoms. The minimum absolute atomic E-state index is 0.206. The van der Waals surface area contributed by atoms with Crippen molar-refractivity contribution in [1.29, 1.82) is 0 Å². The normalized spacial score (nSPS) is 25.2. The van der Waals surface area contributed by atoms with Crippen molar-refractivity contribution in [2.24, 2.45) is 5.92 Å². The Labute approximate surface area is 125 Å². The topological polar surface area (TPSA) is 70.2 Å². The number of aromatic nitrogens is 2. The molecule has 2 fully saturated rings. The Morgan fingerprint density at radius 1 is 1.48 bits per heavy atom. The van der Waals surface area contributed by atoms with Crippen molar-refractivity contribution in [2.75, 3.05) is 29.9 Å². The maximum atomic E-state index is 11.5. The molecule has 0 bridgehead atoms. The molecular weight excluding hydrogens is 266 g/mol. The quantitative estimate of drug-likeness (QED) is 0.877. The predicted octanol–water partition coefficient (Wildman–Crippen LogP) is 1.40. The van der Waals surface area contributed by atoms with Crippen LogP contribution in [-0.4, -0.2) is 41.6 Å². The van der Waals surface area contributed by atoms with Crippen molar-refractivity contribution in [3.8, 4) is 0 Å². The number of hydrogen-bond donors (Lipinski definition) is 2. The summed E-state index contributed by atoms with van der Waals surface area (Å²) in [6.07, 6.45) is 5.51. The molecule has 21 heavy (non-hydrogen) atoms. The van der Waals surface area contributed by atoms with Crippen molar-refractivity contribution in [3.63, 3.8) is 0 Å². The number of anilines is 2. The zero-order valence-electron chi connectivity index (χ0n) is 12.5. The van der Waals surface area contributed by atoms with Gasteiger partial charge in [-0.2, -0.15) is 4.98 Å². The summed E-state index contributed by atoms with van der Waals surface area (Å²) in [6, 6.07) is 2.32. The number of nitrogens with zero attached hydrogens (tertiary/aromatic N) is 3. The minimum atomic E-state index is 0.206. The molecule has 1 amide bonds. The highest BCUT2D eigenvalue weighted by molar-refractivity contribution is 5.77. The first-order valence-electron chi connectivity index (χ1n) is 7.87. The summed E-state index contributed by atoms with van der Waals surface area (Å²) in [5.74, 6) is 2.43. The number of hydrogen-bond acceptors (Lipinski definition) is 5. The zero-order valence-corrected chi connectivity index (χ0v) is 12.5. The minimum Gasteiger partial charge on any atom is -0.356 e. The van der Waals surface area contributed by atoms with Gasteiger partial charge in [0.15, 0.2) is 0 Å². The second-order valence-electron chi connectivity index (χ2n) is 5.87. The van der Waals surface area contributed by atoms with E-state index in [4.69, 9.17) is 0 Å². The van der Waals surface area contributed by atoms with Crippen molar-refractivity contribution in [2.45, 2.75) is 38.6 Å². The van der Waals surface area contributed by atoms with E-state index in [0.717, 1.165) is 44.7 Å².